The topological polar surface area (TPSA) is 85.4 Å². The van der Waals surface area contributed by atoms with Gasteiger partial charge in [0.15, 0.2) is 11.5 Å². The molecule has 7 heteroatoms. The van der Waals surface area contributed by atoms with Crippen LogP contribution in [-0.2, 0) is 6.54 Å². The number of aromatic nitrogens is 2. The van der Waals surface area contributed by atoms with E-state index in [1.165, 1.54) is 6.20 Å². The molecule has 1 aliphatic rings. The van der Waals surface area contributed by atoms with E-state index in [9.17, 15) is 4.79 Å². The number of nitrogens with one attached hydrogen (secondary N) is 2. The van der Waals surface area contributed by atoms with Gasteiger partial charge in [0.1, 0.15) is 5.69 Å². The number of amides is 1. The summed E-state index contributed by atoms with van der Waals surface area (Å²) in [5.74, 6) is 1.52. The van der Waals surface area contributed by atoms with Crippen molar-refractivity contribution in [2.75, 3.05) is 18.7 Å². The number of carbonyl (C=O) groups excluding carboxylic acids is 1. The maximum Gasteiger partial charge on any atom is 0.270 e. The lowest BCUT2D eigenvalue weighted by Crippen LogP contribution is -2.24. The Kier molecular flexibility index (Phi) is 4.37. The number of carbonyl (C=O) groups is 1. The zero-order valence-corrected chi connectivity index (χ0v) is 12.4. The third-order valence-corrected chi connectivity index (χ3v) is 3.18. The van der Waals surface area contributed by atoms with Gasteiger partial charge in [-0.2, -0.15) is 0 Å². The van der Waals surface area contributed by atoms with Crippen molar-refractivity contribution in [2.24, 2.45) is 0 Å². The smallest absolute Gasteiger partial charge is 0.270 e. The Morgan fingerprint density at radius 2 is 2.17 bits per heavy atom. The fourth-order valence-electron chi connectivity index (χ4n) is 2.06. The van der Waals surface area contributed by atoms with Gasteiger partial charge >= 0.3 is 0 Å². The molecule has 1 aromatic carbocycles. The van der Waals surface area contributed by atoms with Gasteiger partial charge in [0.25, 0.3) is 5.91 Å². The Hall–Kier alpha value is -3.09. The van der Waals surface area contributed by atoms with Crippen LogP contribution in [-0.4, -0.2) is 29.2 Å². The number of nitrogens with zero attached hydrogens (tertiary/aromatic N) is 2. The zero-order chi connectivity index (χ0) is 16.1. The number of benzene rings is 1. The molecule has 2 N–H and O–H groups in total. The van der Waals surface area contributed by atoms with Crippen molar-refractivity contribution >= 4 is 11.9 Å². The van der Waals surface area contributed by atoms with Gasteiger partial charge in [-0.1, -0.05) is 12.1 Å². The first-order valence-corrected chi connectivity index (χ1v) is 7.11. The molecule has 0 unspecified atom stereocenters. The highest BCUT2D eigenvalue weighted by molar-refractivity contribution is 5.92. The molecule has 1 amide bonds. The van der Waals surface area contributed by atoms with Gasteiger partial charge in [0.2, 0.25) is 12.7 Å². The molecule has 0 fully saturated rings. The van der Waals surface area contributed by atoms with Crippen molar-refractivity contribution in [1.82, 2.24) is 15.3 Å². The standard InChI is InChI=1S/C16H16N4O3/c1-2-6-17-16-18-7-5-12(20-16)15(21)19-9-11-3-4-13-14(8-11)23-10-22-13/h2-5,7-8H,1,6,9-10H2,(H,19,21)(H,17,18,20). The van der Waals surface area contributed by atoms with Gasteiger partial charge in [-0.25, -0.2) is 9.97 Å². The van der Waals surface area contributed by atoms with E-state index in [4.69, 9.17) is 9.47 Å². The molecule has 2 aromatic rings. The van der Waals surface area contributed by atoms with Crippen molar-refractivity contribution in [3.05, 3.63) is 54.4 Å². The molecular weight excluding hydrogens is 296 g/mol. The molecule has 1 aromatic heterocycles. The van der Waals surface area contributed by atoms with Crippen LogP contribution in [0.25, 0.3) is 0 Å². The Balaban J connectivity index is 1.62. The molecule has 0 saturated heterocycles. The van der Waals surface area contributed by atoms with E-state index in [0.717, 1.165) is 5.56 Å². The lowest BCUT2D eigenvalue weighted by atomic mass is 10.2. The van der Waals surface area contributed by atoms with Crippen molar-refractivity contribution < 1.29 is 14.3 Å². The van der Waals surface area contributed by atoms with E-state index in [-0.39, 0.29) is 12.7 Å². The van der Waals surface area contributed by atoms with Gasteiger partial charge in [-0.15, -0.1) is 6.58 Å². The summed E-state index contributed by atoms with van der Waals surface area (Å²) in [4.78, 5) is 20.4. The predicted octanol–water partition coefficient (Wildman–Crippen LogP) is 1.73. The minimum absolute atomic E-state index is 0.229. The second-order valence-electron chi connectivity index (χ2n) is 4.81. The molecule has 3 rings (SSSR count). The molecule has 0 spiro atoms. The number of hydrogen-bond acceptors (Lipinski definition) is 6. The van der Waals surface area contributed by atoms with Gasteiger partial charge in [-0.05, 0) is 23.8 Å². The van der Waals surface area contributed by atoms with Crippen LogP contribution in [0.5, 0.6) is 11.5 Å². The summed E-state index contributed by atoms with van der Waals surface area (Å²) in [6.07, 6.45) is 3.23. The van der Waals surface area contributed by atoms with Crippen molar-refractivity contribution in [3.8, 4) is 11.5 Å². The number of hydrogen-bond donors (Lipinski definition) is 2. The molecule has 0 aliphatic carbocycles. The van der Waals surface area contributed by atoms with E-state index < -0.39 is 0 Å². The Morgan fingerprint density at radius 1 is 1.30 bits per heavy atom. The first-order chi connectivity index (χ1) is 11.3. The van der Waals surface area contributed by atoms with Crippen LogP contribution in [0.3, 0.4) is 0 Å². The molecule has 2 heterocycles. The highest BCUT2D eigenvalue weighted by Gasteiger charge is 2.14. The molecule has 0 bridgehead atoms. The number of anilines is 1. The summed E-state index contributed by atoms with van der Waals surface area (Å²) in [5, 5.41) is 5.76. The number of rotatable bonds is 6. The number of fused-ring (bicyclic) bond motifs is 1. The first kappa shape index (κ1) is 14.8. The Bertz CT molecular complexity index is 733. The van der Waals surface area contributed by atoms with E-state index in [1.807, 2.05) is 18.2 Å². The third-order valence-electron chi connectivity index (χ3n) is 3.18. The van der Waals surface area contributed by atoms with E-state index >= 15 is 0 Å². The van der Waals surface area contributed by atoms with Crippen molar-refractivity contribution in [2.45, 2.75) is 6.54 Å². The van der Waals surface area contributed by atoms with Gasteiger partial charge in [0, 0.05) is 19.3 Å². The quantitative estimate of drug-likeness (QED) is 0.790. The first-order valence-electron chi connectivity index (χ1n) is 7.11. The Labute approximate surface area is 133 Å². The van der Waals surface area contributed by atoms with Crippen LogP contribution in [0.1, 0.15) is 16.1 Å². The maximum atomic E-state index is 12.2. The lowest BCUT2D eigenvalue weighted by Gasteiger charge is -2.07. The normalized spacial score (nSPS) is 11.8. The summed E-state index contributed by atoms with van der Waals surface area (Å²) in [6.45, 7) is 4.73. The van der Waals surface area contributed by atoms with E-state index in [1.54, 1.807) is 12.1 Å². The molecular formula is C16H16N4O3. The molecule has 7 nitrogen and oxygen atoms in total. The van der Waals surface area contributed by atoms with Crippen LogP contribution >= 0.6 is 0 Å². The largest absolute Gasteiger partial charge is 0.454 e. The molecule has 0 atom stereocenters. The monoisotopic (exact) mass is 312 g/mol. The summed E-state index contributed by atoms with van der Waals surface area (Å²) >= 11 is 0. The third kappa shape index (κ3) is 3.57. The maximum absolute atomic E-state index is 12.2. The van der Waals surface area contributed by atoms with Crippen LogP contribution in [0.15, 0.2) is 43.1 Å². The summed E-state index contributed by atoms with van der Waals surface area (Å²) in [6, 6.07) is 7.12. The van der Waals surface area contributed by atoms with Gasteiger partial charge < -0.3 is 20.1 Å². The highest BCUT2D eigenvalue weighted by atomic mass is 16.7. The van der Waals surface area contributed by atoms with Gasteiger partial charge in [-0.3, -0.25) is 4.79 Å². The lowest BCUT2D eigenvalue weighted by molar-refractivity contribution is 0.0946. The fraction of sp³-hybridized carbons (Fsp3) is 0.188. The minimum atomic E-state index is -0.272. The molecule has 0 saturated carbocycles. The summed E-state index contributed by atoms with van der Waals surface area (Å²) < 4.78 is 10.6. The molecule has 0 radical (unpaired) electrons. The average molecular weight is 312 g/mol. The number of ether oxygens (including phenoxy) is 2. The molecule has 118 valence electrons. The van der Waals surface area contributed by atoms with Crippen LogP contribution in [0.4, 0.5) is 5.95 Å². The highest BCUT2D eigenvalue weighted by Crippen LogP contribution is 2.32. The second-order valence-corrected chi connectivity index (χ2v) is 4.81. The minimum Gasteiger partial charge on any atom is -0.454 e. The fourth-order valence-corrected chi connectivity index (χ4v) is 2.06. The van der Waals surface area contributed by atoms with E-state index in [0.29, 0.717) is 36.2 Å². The Morgan fingerprint density at radius 3 is 3.04 bits per heavy atom. The average Bonchev–Trinajstić information content (AvgIpc) is 3.05. The van der Waals surface area contributed by atoms with Crippen molar-refractivity contribution in [3.63, 3.8) is 0 Å². The van der Waals surface area contributed by atoms with Crippen LogP contribution in [0.2, 0.25) is 0 Å². The summed E-state index contributed by atoms with van der Waals surface area (Å²) in [7, 11) is 0. The zero-order valence-electron chi connectivity index (χ0n) is 12.4. The SMILES string of the molecule is C=CCNc1nccc(C(=O)NCc2ccc3c(c2)OCO3)n1. The van der Waals surface area contributed by atoms with Crippen LogP contribution < -0.4 is 20.1 Å². The van der Waals surface area contributed by atoms with Crippen molar-refractivity contribution in [1.29, 1.82) is 0 Å². The van der Waals surface area contributed by atoms with E-state index in [2.05, 4.69) is 27.2 Å². The molecule has 23 heavy (non-hydrogen) atoms. The molecule has 1 aliphatic heterocycles. The predicted molar refractivity (Wildman–Crippen MR) is 84.5 cm³/mol. The van der Waals surface area contributed by atoms with Crippen LogP contribution in [0, 0.1) is 0 Å². The second kappa shape index (κ2) is 6.78. The summed E-state index contributed by atoms with van der Waals surface area (Å²) in [5.41, 5.74) is 1.22. The van der Waals surface area contributed by atoms with Gasteiger partial charge in [0.05, 0.1) is 0 Å².